The molecule has 1 amide bonds. The Bertz CT molecular complexity index is 457. The van der Waals surface area contributed by atoms with Gasteiger partial charge in [0.25, 0.3) is 0 Å². The third-order valence-corrected chi connectivity index (χ3v) is 4.44. The molecule has 22 heavy (non-hydrogen) atoms. The Kier molecular flexibility index (Phi) is 5.57. The van der Waals surface area contributed by atoms with E-state index in [1.165, 1.54) is 0 Å². The van der Waals surface area contributed by atoms with Crippen LogP contribution in [0.25, 0.3) is 0 Å². The molecule has 0 spiro atoms. The molecular weight excluding hydrogens is 319 g/mol. The molecule has 10 nitrogen and oxygen atoms in total. The van der Waals surface area contributed by atoms with E-state index in [4.69, 9.17) is 20.3 Å². The number of likely N-dealkylation sites (tertiary alicyclic amines) is 1. The van der Waals surface area contributed by atoms with Crippen molar-refractivity contribution in [2.45, 2.75) is 37.4 Å². The minimum Gasteiger partial charge on any atom is -0.387 e. The van der Waals surface area contributed by atoms with Crippen LogP contribution in [0.15, 0.2) is 0 Å². The van der Waals surface area contributed by atoms with Crippen molar-refractivity contribution in [2.24, 2.45) is 11.7 Å². The van der Waals surface area contributed by atoms with Crippen molar-refractivity contribution in [2.75, 3.05) is 19.7 Å². The normalized spacial score (nSPS) is 37.4. The molecule has 2 aliphatic rings. The Hall–Kier alpha value is -0.580. The number of hydrogen-bond donors (Lipinski definition) is 5. The number of nitrogens with two attached hydrogens (primary N) is 1. The average Bonchev–Trinajstić information content (AvgIpc) is 2.72. The number of rotatable bonds is 5. The van der Waals surface area contributed by atoms with Crippen molar-refractivity contribution in [3.63, 3.8) is 0 Å². The lowest BCUT2D eigenvalue weighted by molar-refractivity contribution is -0.131. The van der Waals surface area contributed by atoms with E-state index >= 15 is 0 Å². The van der Waals surface area contributed by atoms with Crippen LogP contribution in [0.2, 0.25) is 0 Å². The van der Waals surface area contributed by atoms with E-state index in [0.717, 1.165) is 0 Å². The van der Waals surface area contributed by atoms with Crippen LogP contribution in [0.4, 0.5) is 0 Å². The van der Waals surface area contributed by atoms with Crippen LogP contribution in [0.3, 0.4) is 0 Å². The van der Waals surface area contributed by atoms with Crippen LogP contribution in [0.1, 0.15) is 12.8 Å². The molecule has 5 atom stereocenters. The molecule has 0 aromatic rings. The van der Waals surface area contributed by atoms with E-state index in [0.29, 0.717) is 25.9 Å². The summed E-state index contributed by atoms with van der Waals surface area (Å²) in [7, 11) is -4.69. The lowest BCUT2D eigenvalue weighted by Crippen LogP contribution is -2.50. The molecule has 0 aliphatic carbocycles. The summed E-state index contributed by atoms with van der Waals surface area (Å²) in [5.74, 6) is -0.786. The van der Waals surface area contributed by atoms with Gasteiger partial charge in [-0.15, -0.1) is 0 Å². The summed E-state index contributed by atoms with van der Waals surface area (Å²) in [6, 6.07) is 0. The number of phosphoric ester groups is 1. The Morgan fingerprint density at radius 2 is 2.05 bits per heavy atom. The Labute approximate surface area is 127 Å². The summed E-state index contributed by atoms with van der Waals surface area (Å²) in [4.78, 5) is 30.3. The SMILES string of the molecule is NC(=O)C1CCCN(C2OC(COP(=O)(O)O)C(O)C2O)C1. The summed E-state index contributed by atoms with van der Waals surface area (Å²) in [5.41, 5.74) is 5.29. The highest BCUT2D eigenvalue weighted by Crippen LogP contribution is 2.37. The first-order chi connectivity index (χ1) is 10.2. The van der Waals surface area contributed by atoms with E-state index < -0.39 is 44.9 Å². The number of primary amides is 1. The molecule has 6 N–H and O–H groups in total. The number of carbonyl (C=O) groups excluding carboxylic acids is 1. The Balaban J connectivity index is 1.97. The molecule has 128 valence electrons. The average molecular weight is 340 g/mol. The summed E-state index contributed by atoms with van der Waals surface area (Å²) < 4.78 is 20.4. The molecule has 11 heteroatoms. The second-order valence-corrected chi connectivity index (χ2v) is 6.81. The lowest BCUT2D eigenvalue weighted by Gasteiger charge is -2.36. The van der Waals surface area contributed by atoms with Crippen molar-refractivity contribution in [3.8, 4) is 0 Å². The van der Waals surface area contributed by atoms with Gasteiger partial charge in [0, 0.05) is 13.1 Å². The first-order valence-corrected chi connectivity index (χ1v) is 8.47. The van der Waals surface area contributed by atoms with E-state index in [1.54, 1.807) is 4.90 Å². The predicted molar refractivity (Wildman–Crippen MR) is 72.2 cm³/mol. The van der Waals surface area contributed by atoms with Crippen molar-refractivity contribution in [1.29, 1.82) is 0 Å². The van der Waals surface area contributed by atoms with Crippen LogP contribution in [0, 0.1) is 5.92 Å². The lowest BCUT2D eigenvalue weighted by atomic mass is 9.96. The van der Waals surface area contributed by atoms with Gasteiger partial charge in [0.2, 0.25) is 5.91 Å². The summed E-state index contributed by atoms with van der Waals surface area (Å²) in [5, 5.41) is 20.0. The van der Waals surface area contributed by atoms with Gasteiger partial charge in [0.15, 0.2) is 0 Å². The smallest absolute Gasteiger partial charge is 0.387 e. The first kappa shape index (κ1) is 17.8. The topological polar surface area (TPSA) is 163 Å². The van der Waals surface area contributed by atoms with Gasteiger partial charge in [-0.05, 0) is 12.8 Å². The molecule has 2 fully saturated rings. The Morgan fingerprint density at radius 3 is 2.64 bits per heavy atom. The highest BCUT2D eigenvalue weighted by molar-refractivity contribution is 7.46. The summed E-state index contributed by atoms with van der Waals surface area (Å²) in [6.07, 6.45) is -3.20. The van der Waals surface area contributed by atoms with Crippen LogP contribution in [-0.4, -0.2) is 75.0 Å². The Morgan fingerprint density at radius 1 is 1.36 bits per heavy atom. The van der Waals surface area contributed by atoms with Crippen LogP contribution in [-0.2, 0) is 18.6 Å². The molecule has 0 aromatic heterocycles. The number of phosphoric acid groups is 1. The van der Waals surface area contributed by atoms with E-state index in [-0.39, 0.29) is 5.92 Å². The number of aliphatic hydroxyl groups excluding tert-OH is 2. The molecule has 0 aromatic carbocycles. The standard InChI is InChI=1S/C11H21N2O8P/c12-10(16)6-2-1-3-13(4-6)11-9(15)8(14)7(21-11)5-20-22(17,18)19/h6-9,11,14-15H,1-5H2,(H2,12,16)(H2,17,18,19). The van der Waals surface area contributed by atoms with Gasteiger partial charge in [-0.1, -0.05) is 0 Å². The van der Waals surface area contributed by atoms with E-state index in [1.807, 2.05) is 0 Å². The van der Waals surface area contributed by atoms with Crippen molar-refractivity contribution < 1.29 is 38.6 Å². The fraction of sp³-hybridized carbons (Fsp3) is 0.909. The largest absolute Gasteiger partial charge is 0.469 e. The fourth-order valence-electron chi connectivity index (χ4n) is 2.81. The summed E-state index contributed by atoms with van der Waals surface area (Å²) in [6.45, 7) is 0.312. The number of carbonyl (C=O) groups is 1. The van der Waals surface area contributed by atoms with Gasteiger partial charge < -0.3 is 30.5 Å². The number of hydrogen-bond acceptors (Lipinski definition) is 7. The summed E-state index contributed by atoms with van der Waals surface area (Å²) >= 11 is 0. The highest BCUT2D eigenvalue weighted by Gasteiger charge is 2.47. The quantitative estimate of drug-likeness (QED) is 0.348. The maximum atomic E-state index is 11.3. The van der Waals surface area contributed by atoms with Crippen molar-refractivity contribution >= 4 is 13.7 Å². The van der Waals surface area contributed by atoms with Crippen LogP contribution >= 0.6 is 7.82 Å². The van der Waals surface area contributed by atoms with Gasteiger partial charge in [-0.25, -0.2) is 4.57 Å². The van der Waals surface area contributed by atoms with E-state index in [2.05, 4.69) is 4.52 Å². The van der Waals surface area contributed by atoms with Gasteiger partial charge in [-0.2, -0.15) is 0 Å². The minimum absolute atomic E-state index is 0.301. The number of aliphatic hydroxyl groups is 2. The zero-order chi connectivity index (χ0) is 16.5. The van der Waals surface area contributed by atoms with Crippen molar-refractivity contribution in [3.05, 3.63) is 0 Å². The maximum absolute atomic E-state index is 11.3. The predicted octanol–water partition coefficient (Wildman–Crippen LogP) is -2.26. The molecule has 2 aliphatic heterocycles. The molecule has 0 saturated carbocycles. The number of nitrogens with zero attached hydrogens (tertiary/aromatic N) is 1. The van der Waals surface area contributed by atoms with Crippen LogP contribution in [0.5, 0.6) is 0 Å². The van der Waals surface area contributed by atoms with Gasteiger partial charge in [-0.3, -0.25) is 14.2 Å². The fourth-order valence-corrected chi connectivity index (χ4v) is 3.15. The maximum Gasteiger partial charge on any atom is 0.469 e. The molecule has 2 saturated heterocycles. The third kappa shape index (κ3) is 4.24. The molecule has 2 heterocycles. The molecule has 5 unspecified atom stereocenters. The van der Waals surface area contributed by atoms with Crippen molar-refractivity contribution in [1.82, 2.24) is 4.90 Å². The van der Waals surface area contributed by atoms with Gasteiger partial charge in [0.1, 0.15) is 24.5 Å². The zero-order valence-electron chi connectivity index (χ0n) is 11.8. The third-order valence-electron chi connectivity index (χ3n) is 3.96. The number of piperidine rings is 1. The number of amides is 1. The monoisotopic (exact) mass is 340 g/mol. The van der Waals surface area contributed by atoms with E-state index in [9.17, 15) is 19.6 Å². The molecule has 0 radical (unpaired) electrons. The molecule has 2 rings (SSSR count). The first-order valence-electron chi connectivity index (χ1n) is 6.94. The second kappa shape index (κ2) is 6.90. The van der Waals surface area contributed by atoms with Crippen LogP contribution < -0.4 is 5.73 Å². The van der Waals surface area contributed by atoms with Gasteiger partial charge >= 0.3 is 7.82 Å². The molecular formula is C11H21N2O8P. The van der Waals surface area contributed by atoms with Gasteiger partial charge in [0.05, 0.1) is 12.5 Å². The molecule has 0 bridgehead atoms. The second-order valence-electron chi connectivity index (χ2n) is 5.57. The zero-order valence-corrected chi connectivity index (χ0v) is 12.7. The highest BCUT2D eigenvalue weighted by atomic mass is 31.2. The minimum atomic E-state index is -4.69. The number of ether oxygens (including phenoxy) is 1.